The predicted octanol–water partition coefficient (Wildman–Crippen LogP) is -1.51. The van der Waals surface area contributed by atoms with E-state index in [4.69, 9.17) is 19.5 Å². The number of aliphatic hydroxyl groups excluding tert-OH is 1. The molecule has 4 N–H and O–H groups in total. The van der Waals surface area contributed by atoms with Crippen LogP contribution >= 0.6 is 0 Å². The van der Waals surface area contributed by atoms with Crippen LogP contribution in [0.4, 0.5) is 0 Å². The average molecular weight is 251 g/mol. The molecule has 0 aromatic heterocycles. The maximum atomic E-state index is 10.7. The van der Waals surface area contributed by atoms with Crippen molar-refractivity contribution in [3.05, 3.63) is 23.8 Å². The number of aliphatic hydroxyl groups is 2. The summed E-state index contributed by atoms with van der Waals surface area (Å²) in [6.07, 6.45) is -1.84. The van der Waals surface area contributed by atoms with Crippen molar-refractivity contribution in [2.45, 2.75) is 6.29 Å². The van der Waals surface area contributed by atoms with Gasteiger partial charge in [0.15, 0.2) is 0 Å². The van der Waals surface area contributed by atoms with Crippen LogP contribution < -0.4 is 4.46 Å². The topological polar surface area (TPSA) is 98.0 Å². The fourth-order valence-corrected chi connectivity index (χ4v) is 1.71. The van der Waals surface area contributed by atoms with E-state index in [-0.39, 0.29) is 15.8 Å². The minimum atomic E-state index is -3.08. The van der Waals surface area contributed by atoms with Crippen LogP contribution in [-0.4, -0.2) is 33.7 Å². The molecule has 13 heavy (non-hydrogen) atoms. The Bertz CT molecular complexity index is 336. The van der Waals surface area contributed by atoms with E-state index in [0.717, 1.165) is 12.1 Å². The van der Waals surface area contributed by atoms with Crippen molar-refractivity contribution in [1.29, 1.82) is 0 Å². The van der Waals surface area contributed by atoms with Gasteiger partial charge in [-0.3, -0.25) is 0 Å². The van der Waals surface area contributed by atoms with Crippen LogP contribution in [0.2, 0.25) is 0 Å². The summed E-state index contributed by atoms with van der Waals surface area (Å²) < 4.78 is 19.5. The van der Waals surface area contributed by atoms with Gasteiger partial charge in [-0.2, -0.15) is 0 Å². The zero-order valence-corrected chi connectivity index (χ0v) is 8.13. The van der Waals surface area contributed by atoms with E-state index in [0.29, 0.717) is 0 Å². The SMILES string of the molecule is O=[Se](O)c1ccc(O)c(C(O)O)c1. The Labute approximate surface area is 78.3 Å². The molecule has 72 valence electrons. The summed E-state index contributed by atoms with van der Waals surface area (Å²) in [6, 6.07) is 3.51. The van der Waals surface area contributed by atoms with Crippen LogP contribution in [0.3, 0.4) is 0 Å². The average Bonchev–Trinajstić information content (AvgIpc) is 2.04. The number of rotatable bonds is 2. The van der Waals surface area contributed by atoms with E-state index < -0.39 is 20.5 Å². The van der Waals surface area contributed by atoms with Crippen LogP contribution in [0.15, 0.2) is 18.2 Å². The zero-order chi connectivity index (χ0) is 10.0. The number of phenolic OH excluding ortho intramolecular Hbond substituents is 1. The van der Waals surface area contributed by atoms with E-state index in [2.05, 4.69) is 0 Å². The fourth-order valence-electron chi connectivity index (χ4n) is 0.848. The van der Waals surface area contributed by atoms with Gasteiger partial charge in [-0.25, -0.2) is 0 Å². The van der Waals surface area contributed by atoms with Gasteiger partial charge in [0, 0.05) is 0 Å². The third kappa shape index (κ3) is 2.33. The van der Waals surface area contributed by atoms with Crippen molar-refractivity contribution in [1.82, 2.24) is 0 Å². The quantitative estimate of drug-likeness (QED) is 0.378. The molecule has 0 spiro atoms. The molecule has 0 aliphatic carbocycles. The monoisotopic (exact) mass is 252 g/mol. The Morgan fingerprint density at radius 3 is 2.38 bits per heavy atom. The molecule has 0 aliphatic rings. The first-order chi connectivity index (χ1) is 6.02. The van der Waals surface area contributed by atoms with E-state index in [1.165, 1.54) is 6.07 Å². The van der Waals surface area contributed by atoms with Crippen LogP contribution in [0.25, 0.3) is 0 Å². The molecular formula is C7H8O5Se. The van der Waals surface area contributed by atoms with E-state index in [1.54, 1.807) is 0 Å². The summed E-state index contributed by atoms with van der Waals surface area (Å²) in [7, 11) is 0. The third-order valence-electron chi connectivity index (χ3n) is 1.48. The summed E-state index contributed by atoms with van der Waals surface area (Å²) in [6.45, 7) is 0. The summed E-state index contributed by atoms with van der Waals surface area (Å²) in [5.74, 6) is -0.314. The van der Waals surface area contributed by atoms with Gasteiger partial charge in [-0.05, 0) is 0 Å². The Balaban J connectivity index is 3.19. The van der Waals surface area contributed by atoms with E-state index in [1.807, 2.05) is 0 Å². The van der Waals surface area contributed by atoms with Crippen molar-refractivity contribution in [2.24, 2.45) is 0 Å². The molecule has 5 nitrogen and oxygen atoms in total. The minimum absolute atomic E-state index is 0.0981. The Kier molecular flexibility index (Phi) is 3.13. The molecule has 1 rings (SSSR count). The fraction of sp³-hybridized carbons (Fsp3) is 0.143. The molecule has 6 heteroatoms. The van der Waals surface area contributed by atoms with Gasteiger partial charge < -0.3 is 0 Å². The van der Waals surface area contributed by atoms with Crippen LogP contribution in [0, 0.1) is 0 Å². The van der Waals surface area contributed by atoms with Gasteiger partial charge in [0.25, 0.3) is 0 Å². The van der Waals surface area contributed by atoms with Crippen molar-refractivity contribution in [3.63, 3.8) is 0 Å². The molecule has 0 radical (unpaired) electrons. The number of benzene rings is 1. The van der Waals surface area contributed by atoms with Crippen LogP contribution in [0.1, 0.15) is 11.9 Å². The standard InChI is InChI=1S/C7H8O5Se/c8-6-2-1-4(13(11)12)3-5(6)7(9)10/h1-3,7-10H,(H,11,12). The van der Waals surface area contributed by atoms with Crippen LogP contribution in [0.5, 0.6) is 5.75 Å². The molecule has 0 amide bonds. The van der Waals surface area contributed by atoms with Gasteiger partial charge in [0.1, 0.15) is 0 Å². The third-order valence-corrected chi connectivity index (χ3v) is 2.86. The Morgan fingerprint density at radius 1 is 1.31 bits per heavy atom. The second-order valence-corrected chi connectivity index (χ2v) is 4.38. The number of phenols is 1. The van der Waals surface area contributed by atoms with E-state index in [9.17, 15) is 3.83 Å². The molecule has 1 atom stereocenters. The summed E-state index contributed by atoms with van der Waals surface area (Å²) in [5, 5.41) is 26.6. The predicted molar refractivity (Wildman–Crippen MR) is 43.6 cm³/mol. The molecule has 0 bridgehead atoms. The van der Waals surface area contributed by atoms with E-state index >= 15 is 0 Å². The van der Waals surface area contributed by atoms with Crippen LogP contribution in [-0.2, 0) is 3.83 Å². The molecule has 0 heterocycles. The zero-order valence-electron chi connectivity index (χ0n) is 6.41. The van der Waals surface area contributed by atoms with Gasteiger partial charge in [0.05, 0.1) is 0 Å². The first kappa shape index (κ1) is 10.3. The number of aromatic hydroxyl groups is 1. The molecule has 1 unspecified atom stereocenters. The van der Waals surface area contributed by atoms with Crippen molar-refractivity contribution >= 4 is 18.6 Å². The summed E-state index contributed by atoms with van der Waals surface area (Å²) in [5.41, 5.74) is -0.170. The summed E-state index contributed by atoms with van der Waals surface area (Å²) in [4.78, 5) is 0. The molecule has 0 fully saturated rings. The molecule has 0 aliphatic heterocycles. The maximum absolute atomic E-state index is 10.7. The molecule has 1 aromatic rings. The first-order valence-electron chi connectivity index (χ1n) is 3.32. The van der Waals surface area contributed by atoms with Crippen molar-refractivity contribution < 1.29 is 23.3 Å². The van der Waals surface area contributed by atoms with Crippen molar-refractivity contribution in [3.8, 4) is 5.75 Å². The molecular weight excluding hydrogens is 243 g/mol. The second-order valence-electron chi connectivity index (χ2n) is 2.34. The van der Waals surface area contributed by atoms with Gasteiger partial charge >= 0.3 is 77.8 Å². The van der Waals surface area contributed by atoms with Gasteiger partial charge in [-0.1, -0.05) is 0 Å². The molecule has 0 saturated heterocycles. The Hall–Kier alpha value is -0.781. The molecule has 1 aromatic carbocycles. The van der Waals surface area contributed by atoms with Gasteiger partial charge in [0.2, 0.25) is 0 Å². The normalized spacial score (nSPS) is 13.2. The van der Waals surface area contributed by atoms with Gasteiger partial charge in [-0.15, -0.1) is 0 Å². The Morgan fingerprint density at radius 2 is 1.92 bits per heavy atom. The number of hydrogen-bond acceptors (Lipinski definition) is 4. The number of hydrogen-bond donors (Lipinski definition) is 4. The summed E-state index contributed by atoms with van der Waals surface area (Å²) >= 11 is -3.08. The second kappa shape index (κ2) is 3.95. The molecule has 0 saturated carbocycles. The first-order valence-corrected chi connectivity index (χ1v) is 5.64. The van der Waals surface area contributed by atoms with Crippen molar-refractivity contribution in [2.75, 3.05) is 0 Å².